The van der Waals surface area contributed by atoms with Gasteiger partial charge in [-0.05, 0) is 12.5 Å². The molecule has 0 saturated heterocycles. The molecule has 0 aromatic carbocycles. The summed E-state index contributed by atoms with van der Waals surface area (Å²) in [4.78, 5) is 14.8. The fourth-order valence-corrected chi connectivity index (χ4v) is 1.28. The molecule has 0 aromatic rings. The Morgan fingerprint density at radius 2 is 2.38 bits per heavy atom. The number of methoxy groups -OCH3 is 1. The van der Waals surface area contributed by atoms with Gasteiger partial charge in [0.15, 0.2) is 0 Å². The lowest BCUT2D eigenvalue weighted by Crippen LogP contribution is -2.08. The smallest absolute Gasteiger partial charge is 0.309 e. The zero-order valence-electron chi connectivity index (χ0n) is 9.22. The number of aliphatic imine (C=N–C) groups is 1. The highest BCUT2D eigenvalue weighted by Gasteiger charge is 2.08. The maximum Gasteiger partial charge on any atom is 0.309 e. The van der Waals surface area contributed by atoms with Crippen molar-refractivity contribution in [2.45, 2.75) is 19.3 Å². The second-order valence-electron chi connectivity index (χ2n) is 3.33. The lowest BCUT2D eigenvalue weighted by atomic mass is 10.1. The molecular formula is C12H15NO3. The van der Waals surface area contributed by atoms with Gasteiger partial charge in [0.1, 0.15) is 5.76 Å². The van der Waals surface area contributed by atoms with E-state index in [2.05, 4.69) is 4.99 Å². The minimum atomic E-state index is -0.879. The van der Waals surface area contributed by atoms with Crippen molar-refractivity contribution >= 4 is 11.7 Å². The van der Waals surface area contributed by atoms with E-state index in [1.54, 1.807) is 13.3 Å². The number of allylic oxidation sites excluding steroid dienone is 5. The molecule has 0 radical (unpaired) electrons. The first kappa shape index (κ1) is 12.2. The average molecular weight is 221 g/mol. The normalized spacial score (nSPS) is 23.6. The molecule has 0 fully saturated rings. The largest absolute Gasteiger partial charge is 0.501 e. The molecule has 1 rings (SSSR count). The van der Waals surface area contributed by atoms with Crippen molar-refractivity contribution in [1.29, 1.82) is 0 Å². The monoisotopic (exact) mass is 221 g/mol. The van der Waals surface area contributed by atoms with Crippen LogP contribution in [-0.4, -0.2) is 23.9 Å². The van der Waals surface area contributed by atoms with Gasteiger partial charge in [0.2, 0.25) is 0 Å². The molecular weight excluding hydrogens is 206 g/mol. The highest BCUT2D eigenvalue weighted by molar-refractivity contribution is 5.99. The van der Waals surface area contributed by atoms with Crippen LogP contribution < -0.4 is 0 Å². The molecule has 1 heterocycles. The maximum atomic E-state index is 10.6. The number of carbonyl (C=O) groups is 1. The summed E-state index contributed by atoms with van der Waals surface area (Å²) in [7, 11) is 1.57. The van der Waals surface area contributed by atoms with Crippen LogP contribution in [0.2, 0.25) is 0 Å². The summed E-state index contributed by atoms with van der Waals surface area (Å²) < 4.78 is 5.15. The van der Waals surface area contributed by atoms with Crippen molar-refractivity contribution in [2.24, 2.45) is 4.99 Å². The van der Waals surface area contributed by atoms with Crippen LogP contribution in [0.5, 0.6) is 0 Å². The summed E-state index contributed by atoms with van der Waals surface area (Å²) in [5.74, 6) is -0.165. The standard InChI is InChI=1S/C12H15NO3/c1-16-11-6-4-2-3-5-7-13-10(8-11)9-12(14)15/h2,4-7H,3,8-9H2,1H3,(H,14,15)/b4-2-,7-5-,11-6+,13-10?. The second-order valence-corrected chi connectivity index (χ2v) is 3.33. The molecule has 4 nitrogen and oxygen atoms in total. The van der Waals surface area contributed by atoms with E-state index in [0.717, 1.165) is 6.42 Å². The fourth-order valence-electron chi connectivity index (χ4n) is 1.28. The SMILES string of the molecule is CO/C1=C/C=C\C/C=C\N=C(CC(=O)O)C1. The second kappa shape index (κ2) is 6.61. The summed E-state index contributed by atoms with van der Waals surface area (Å²) in [6, 6.07) is 0. The van der Waals surface area contributed by atoms with Gasteiger partial charge in [0, 0.05) is 18.3 Å². The third-order valence-electron chi connectivity index (χ3n) is 2.05. The molecule has 0 atom stereocenters. The molecule has 86 valence electrons. The molecule has 0 aromatic heterocycles. The molecule has 4 heteroatoms. The van der Waals surface area contributed by atoms with Gasteiger partial charge in [0.05, 0.1) is 13.5 Å². The first-order valence-corrected chi connectivity index (χ1v) is 5.04. The summed E-state index contributed by atoms with van der Waals surface area (Å²) in [5.41, 5.74) is 0.590. The van der Waals surface area contributed by atoms with E-state index in [0.29, 0.717) is 17.9 Å². The Morgan fingerprint density at radius 1 is 1.56 bits per heavy atom. The Kier molecular flexibility index (Phi) is 5.05. The molecule has 1 aliphatic rings. The predicted molar refractivity (Wildman–Crippen MR) is 62.3 cm³/mol. The number of nitrogens with zero attached hydrogens (tertiary/aromatic N) is 1. The molecule has 0 bridgehead atoms. The van der Waals surface area contributed by atoms with E-state index in [4.69, 9.17) is 9.84 Å². The molecule has 0 amide bonds. The van der Waals surface area contributed by atoms with Gasteiger partial charge in [0.25, 0.3) is 0 Å². The number of hydrogen-bond donors (Lipinski definition) is 1. The maximum absolute atomic E-state index is 10.6. The van der Waals surface area contributed by atoms with Gasteiger partial charge in [-0.25, -0.2) is 0 Å². The van der Waals surface area contributed by atoms with E-state index in [1.807, 2.05) is 24.3 Å². The van der Waals surface area contributed by atoms with Crippen LogP contribution in [0.4, 0.5) is 0 Å². The molecule has 0 spiro atoms. The van der Waals surface area contributed by atoms with Crippen molar-refractivity contribution in [1.82, 2.24) is 0 Å². The Labute approximate surface area is 94.6 Å². The number of carboxylic acids is 1. The Hall–Kier alpha value is -1.84. The van der Waals surface area contributed by atoms with Crippen LogP contribution in [-0.2, 0) is 9.53 Å². The Bertz CT molecular complexity index is 364. The lowest BCUT2D eigenvalue weighted by Gasteiger charge is -2.07. The lowest BCUT2D eigenvalue weighted by molar-refractivity contribution is -0.135. The third kappa shape index (κ3) is 4.59. The first-order valence-electron chi connectivity index (χ1n) is 5.04. The van der Waals surface area contributed by atoms with Crippen molar-refractivity contribution in [3.05, 3.63) is 36.3 Å². The summed E-state index contributed by atoms with van der Waals surface area (Å²) in [6.07, 6.45) is 10.4. The van der Waals surface area contributed by atoms with Gasteiger partial charge in [-0.15, -0.1) is 0 Å². The number of ether oxygens (including phenoxy) is 1. The van der Waals surface area contributed by atoms with E-state index in [-0.39, 0.29) is 6.42 Å². The van der Waals surface area contributed by atoms with Crippen LogP contribution in [0, 0.1) is 0 Å². The Morgan fingerprint density at radius 3 is 3.06 bits per heavy atom. The molecule has 0 aliphatic carbocycles. The number of carboxylic acid groups (broad SMARTS) is 1. The topological polar surface area (TPSA) is 58.9 Å². The van der Waals surface area contributed by atoms with Crippen molar-refractivity contribution < 1.29 is 14.6 Å². The quantitative estimate of drug-likeness (QED) is 0.795. The van der Waals surface area contributed by atoms with Gasteiger partial charge >= 0.3 is 5.97 Å². The van der Waals surface area contributed by atoms with Gasteiger partial charge in [-0.3, -0.25) is 9.79 Å². The predicted octanol–water partition coefficient (Wildman–Crippen LogP) is 2.30. The molecule has 0 saturated carbocycles. The highest BCUT2D eigenvalue weighted by Crippen LogP contribution is 2.09. The van der Waals surface area contributed by atoms with Gasteiger partial charge < -0.3 is 9.84 Å². The van der Waals surface area contributed by atoms with Crippen LogP contribution >= 0.6 is 0 Å². The zero-order chi connectivity index (χ0) is 11.8. The van der Waals surface area contributed by atoms with Crippen LogP contribution in [0.25, 0.3) is 0 Å². The molecule has 16 heavy (non-hydrogen) atoms. The molecule has 0 unspecified atom stereocenters. The first-order chi connectivity index (χ1) is 7.72. The average Bonchev–Trinajstić information content (AvgIpc) is 2.25. The highest BCUT2D eigenvalue weighted by atomic mass is 16.5. The molecule has 1 aliphatic heterocycles. The van der Waals surface area contributed by atoms with E-state index >= 15 is 0 Å². The minimum Gasteiger partial charge on any atom is -0.501 e. The number of aliphatic carboxylic acids is 1. The zero-order valence-corrected chi connectivity index (χ0v) is 9.22. The summed E-state index contributed by atoms with van der Waals surface area (Å²) in [5, 5.41) is 8.73. The van der Waals surface area contributed by atoms with Gasteiger partial charge in [-0.2, -0.15) is 0 Å². The Balaban J connectivity index is 2.82. The number of rotatable bonds is 3. The van der Waals surface area contributed by atoms with Crippen LogP contribution in [0.1, 0.15) is 19.3 Å². The van der Waals surface area contributed by atoms with Crippen molar-refractivity contribution in [2.75, 3.05) is 7.11 Å². The summed E-state index contributed by atoms with van der Waals surface area (Å²) >= 11 is 0. The number of hydrogen-bond acceptors (Lipinski definition) is 3. The summed E-state index contributed by atoms with van der Waals surface area (Å²) in [6.45, 7) is 0. The third-order valence-corrected chi connectivity index (χ3v) is 2.05. The van der Waals surface area contributed by atoms with E-state index in [9.17, 15) is 4.79 Å². The van der Waals surface area contributed by atoms with E-state index < -0.39 is 5.97 Å². The minimum absolute atomic E-state index is 0.0608. The molecule has 1 N–H and O–H groups in total. The van der Waals surface area contributed by atoms with Crippen LogP contribution in [0.15, 0.2) is 41.3 Å². The van der Waals surface area contributed by atoms with Crippen molar-refractivity contribution in [3.8, 4) is 0 Å². The fraction of sp³-hybridized carbons (Fsp3) is 0.333. The van der Waals surface area contributed by atoms with Crippen molar-refractivity contribution in [3.63, 3.8) is 0 Å². The van der Waals surface area contributed by atoms with Crippen LogP contribution in [0.3, 0.4) is 0 Å². The van der Waals surface area contributed by atoms with Gasteiger partial charge in [-0.1, -0.05) is 18.2 Å². The van der Waals surface area contributed by atoms with E-state index in [1.165, 1.54) is 0 Å².